The van der Waals surface area contributed by atoms with E-state index in [9.17, 15) is 38.7 Å². The molecule has 2 saturated heterocycles. The number of aliphatic carboxylic acids is 1. The number of fused-ring (bicyclic) bond motifs is 2. The molecule has 5 rings (SSSR count). The summed E-state index contributed by atoms with van der Waals surface area (Å²) in [6, 6.07) is 1.00. The standard InChI is InChI=1S/C25H25N7O12S2/c1-41-30-13(11-3-2-4-42-11)17(33)28-14-20(36)32-16(23(37)38)10(8-46-22(14)32)6-44-25(40)29-18(34)15-9(5-43-24(27)39)7-45-21-12(26)19(35)31(15)21/h2-4,12,14,21-22H,5-8,26H2,1H3,(H2,27,39)(H,28,33)(H,37,38)(H,29,34,40)/b30-13-/t12-,14-,21-,22-/m1/s1. The Balaban J connectivity index is 1.24. The number of β-lactam (4-membered cyclic amide) rings is 2. The maximum Gasteiger partial charge on any atom is 0.414 e. The van der Waals surface area contributed by atoms with Gasteiger partial charge in [0, 0.05) is 22.7 Å². The Morgan fingerprint density at radius 3 is 2.33 bits per heavy atom. The highest BCUT2D eigenvalue weighted by Crippen LogP contribution is 2.41. The molecular weight excluding hydrogens is 654 g/mol. The number of carbonyl (C=O) groups excluding carboxylic acids is 6. The van der Waals surface area contributed by atoms with Crippen LogP contribution in [0.2, 0.25) is 0 Å². The number of carbonyl (C=O) groups is 7. The summed E-state index contributed by atoms with van der Waals surface area (Å²) >= 11 is 2.33. The van der Waals surface area contributed by atoms with Crippen LogP contribution in [0.15, 0.2) is 50.5 Å². The first-order chi connectivity index (χ1) is 21.9. The van der Waals surface area contributed by atoms with Gasteiger partial charge in [-0.05, 0) is 12.1 Å². The van der Waals surface area contributed by atoms with Gasteiger partial charge >= 0.3 is 18.2 Å². The van der Waals surface area contributed by atoms with Crippen LogP contribution in [0.4, 0.5) is 9.59 Å². The number of ether oxygens (including phenoxy) is 2. The second-order valence-electron chi connectivity index (χ2n) is 9.74. The van der Waals surface area contributed by atoms with Crippen LogP contribution in [-0.4, -0.2) is 117 Å². The molecule has 244 valence electrons. The molecule has 4 aliphatic heterocycles. The summed E-state index contributed by atoms with van der Waals surface area (Å²) < 4.78 is 15.0. The van der Waals surface area contributed by atoms with E-state index in [0.717, 1.165) is 21.6 Å². The number of carboxylic acid groups (broad SMARTS) is 1. The van der Waals surface area contributed by atoms with Crippen LogP contribution in [0.5, 0.6) is 0 Å². The molecule has 0 aliphatic carbocycles. The second kappa shape index (κ2) is 13.1. The lowest BCUT2D eigenvalue weighted by Crippen LogP contribution is -2.71. The van der Waals surface area contributed by atoms with Crippen LogP contribution >= 0.6 is 23.5 Å². The zero-order valence-electron chi connectivity index (χ0n) is 23.6. The van der Waals surface area contributed by atoms with Crippen molar-refractivity contribution in [3.63, 3.8) is 0 Å². The summed E-state index contributed by atoms with van der Waals surface area (Å²) in [4.78, 5) is 93.9. The Kier molecular flexibility index (Phi) is 9.25. The van der Waals surface area contributed by atoms with Crippen molar-refractivity contribution < 1.29 is 57.4 Å². The Labute approximate surface area is 266 Å². The Morgan fingerprint density at radius 1 is 1.04 bits per heavy atom. The summed E-state index contributed by atoms with van der Waals surface area (Å²) in [5.41, 5.74) is 10.1. The molecule has 0 radical (unpaired) electrons. The van der Waals surface area contributed by atoms with Gasteiger partial charge < -0.3 is 40.6 Å². The summed E-state index contributed by atoms with van der Waals surface area (Å²) in [5.74, 6) is -4.45. The van der Waals surface area contributed by atoms with Gasteiger partial charge in [0.2, 0.25) is 11.6 Å². The normalized spacial score (nSPS) is 23.8. The number of carboxylic acids is 1. The summed E-state index contributed by atoms with van der Waals surface area (Å²) in [5, 5.41) is 16.6. The van der Waals surface area contributed by atoms with Crippen LogP contribution in [0.1, 0.15) is 5.76 Å². The Hall–Kier alpha value is -5.02. The highest BCUT2D eigenvalue weighted by atomic mass is 32.2. The molecule has 0 saturated carbocycles. The average molecular weight is 680 g/mol. The van der Waals surface area contributed by atoms with E-state index in [1.807, 2.05) is 5.32 Å². The van der Waals surface area contributed by atoms with Gasteiger partial charge in [0.05, 0.1) is 6.26 Å². The number of hydrogen-bond donors (Lipinski definition) is 5. The van der Waals surface area contributed by atoms with Crippen molar-refractivity contribution in [3.8, 4) is 0 Å². The Bertz CT molecular complexity index is 1610. The van der Waals surface area contributed by atoms with Gasteiger partial charge in [0.15, 0.2) is 5.76 Å². The van der Waals surface area contributed by atoms with Gasteiger partial charge in [-0.2, -0.15) is 0 Å². The number of imide groups is 1. The highest BCUT2D eigenvalue weighted by molar-refractivity contribution is 8.00. The molecule has 0 spiro atoms. The predicted octanol–water partition coefficient (Wildman–Crippen LogP) is -1.79. The fourth-order valence-corrected chi connectivity index (χ4v) is 7.51. The fraction of sp³-hybridized carbons (Fsp3) is 0.360. The maximum absolute atomic E-state index is 13.1. The topological polar surface area (TPSA) is 275 Å². The molecule has 4 atom stereocenters. The molecule has 0 unspecified atom stereocenters. The van der Waals surface area contributed by atoms with Crippen molar-refractivity contribution in [2.45, 2.75) is 22.8 Å². The first-order valence-electron chi connectivity index (χ1n) is 13.1. The van der Waals surface area contributed by atoms with E-state index in [1.54, 1.807) is 0 Å². The number of hydrogen-bond acceptors (Lipinski definition) is 15. The predicted molar refractivity (Wildman–Crippen MR) is 155 cm³/mol. The van der Waals surface area contributed by atoms with Crippen LogP contribution in [0.3, 0.4) is 0 Å². The van der Waals surface area contributed by atoms with Gasteiger partial charge in [-0.1, -0.05) is 5.16 Å². The molecule has 21 heteroatoms. The van der Waals surface area contributed by atoms with E-state index >= 15 is 0 Å². The summed E-state index contributed by atoms with van der Waals surface area (Å²) in [7, 11) is 1.22. The lowest BCUT2D eigenvalue weighted by Gasteiger charge is -2.49. The number of furan rings is 1. The summed E-state index contributed by atoms with van der Waals surface area (Å²) in [6.07, 6.45) is -1.09. The van der Waals surface area contributed by atoms with E-state index in [1.165, 1.54) is 37.3 Å². The minimum absolute atomic E-state index is 0.0142. The van der Waals surface area contributed by atoms with Crippen molar-refractivity contribution in [2.75, 3.05) is 31.8 Å². The quantitative estimate of drug-likeness (QED) is 0.104. The number of rotatable bonds is 10. The monoisotopic (exact) mass is 679 g/mol. The number of nitrogens with two attached hydrogens (primary N) is 2. The van der Waals surface area contributed by atoms with Crippen LogP contribution in [0.25, 0.3) is 0 Å². The van der Waals surface area contributed by atoms with Gasteiger partial charge in [-0.3, -0.25) is 34.3 Å². The smallest absolute Gasteiger partial charge is 0.414 e. The zero-order valence-corrected chi connectivity index (χ0v) is 25.3. The molecule has 46 heavy (non-hydrogen) atoms. The van der Waals surface area contributed by atoms with Crippen LogP contribution < -0.4 is 22.1 Å². The number of nitrogens with zero attached hydrogens (tertiary/aromatic N) is 3. The number of amides is 6. The molecule has 0 bridgehead atoms. The first kappa shape index (κ1) is 32.4. The molecular formula is C25H25N7O12S2. The number of thioether (sulfide) groups is 2. The van der Waals surface area contributed by atoms with Crippen molar-refractivity contribution in [3.05, 3.63) is 46.7 Å². The molecule has 0 aromatic carbocycles. The second-order valence-corrected chi connectivity index (χ2v) is 12.0. The molecule has 1 aromatic heterocycles. The molecule has 7 N–H and O–H groups in total. The third-order valence-electron chi connectivity index (χ3n) is 6.97. The van der Waals surface area contributed by atoms with E-state index in [2.05, 4.69) is 10.5 Å². The number of nitrogens with one attached hydrogen (secondary N) is 2. The van der Waals surface area contributed by atoms with Crippen LogP contribution in [0, 0.1) is 0 Å². The van der Waals surface area contributed by atoms with Crippen molar-refractivity contribution in [2.24, 2.45) is 16.6 Å². The van der Waals surface area contributed by atoms with E-state index < -0.39 is 83.5 Å². The average Bonchev–Trinajstić information content (AvgIpc) is 3.57. The zero-order chi connectivity index (χ0) is 33.3. The molecule has 1 aromatic rings. The van der Waals surface area contributed by atoms with E-state index in [0.29, 0.717) is 0 Å². The van der Waals surface area contributed by atoms with Gasteiger partial charge in [-0.25, -0.2) is 14.4 Å². The van der Waals surface area contributed by atoms with Crippen molar-refractivity contribution in [1.82, 2.24) is 20.4 Å². The van der Waals surface area contributed by atoms with Gasteiger partial charge in [0.1, 0.15) is 54.5 Å². The fourth-order valence-electron chi connectivity index (χ4n) is 4.91. The SMILES string of the molecule is CO/N=C(\C(=O)N[C@@H]1C(=O)N2C(C(=O)O)=C(COC(=O)NC(=O)C3=C(COC(N)=O)CS[C@@H]4[C@H](N)C(=O)N34)CS[C@H]12)c1ccco1. The summed E-state index contributed by atoms with van der Waals surface area (Å²) in [6.45, 7) is -1.04. The molecule has 19 nitrogen and oxygen atoms in total. The van der Waals surface area contributed by atoms with Gasteiger partial charge in [-0.15, -0.1) is 23.5 Å². The van der Waals surface area contributed by atoms with E-state index in [-0.39, 0.29) is 39.8 Å². The molecule has 2 fully saturated rings. The highest BCUT2D eigenvalue weighted by Gasteiger charge is 2.55. The maximum atomic E-state index is 13.1. The van der Waals surface area contributed by atoms with Crippen molar-refractivity contribution in [1.29, 1.82) is 0 Å². The van der Waals surface area contributed by atoms with Gasteiger partial charge in [0.25, 0.3) is 17.7 Å². The molecule has 6 amide bonds. The van der Waals surface area contributed by atoms with Crippen LogP contribution in [-0.2, 0) is 38.3 Å². The third kappa shape index (κ3) is 5.98. The third-order valence-corrected chi connectivity index (χ3v) is 9.67. The largest absolute Gasteiger partial charge is 0.477 e. The molecule has 4 aliphatic rings. The minimum atomic E-state index is -1.49. The number of oxime groups is 1. The van der Waals surface area contributed by atoms with E-state index in [4.69, 9.17) is 30.2 Å². The first-order valence-corrected chi connectivity index (χ1v) is 15.2. The lowest BCUT2D eigenvalue weighted by atomic mass is 10.0. The lowest BCUT2D eigenvalue weighted by molar-refractivity contribution is -0.150. The minimum Gasteiger partial charge on any atom is -0.477 e. The number of primary amides is 1. The van der Waals surface area contributed by atoms with Crippen molar-refractivity contribution >= 4 is 71.0 Å². The molecule has 5 heterocycles. The Morgan fingerprint density at radius 2 is 1.70 bits per heavy atom. The number of alkyl carbamates (subject to hydrolysis) is 1.